The molecule has 3 aromatic rings. The van der Waals surface area contributed by atoms with Crippen LogP contribution in [0.2, 0.25) is 0 Å². The zero-order valence-electron chi connectivity index (χ0n) is 14.0. The van der Waals surface area contributed by atoms with Gasteiger partial charge in [0, 0.05) is 36.4 Å². The number of amides is 1. The van der Waals surface area contributed by atoms with E-state index in [2.05, 4.69) is 10.2 Å². The predicted molar refractivity (Wildman–Crippen MR) is 98.9 cm³/mol. The highest BCUT2D eigenvalue weighted by Crippen LogP contribution is 2.33. The zero-order chi connectivity index (χ0) is 17.2. The van der Waals surface area contributed by atoms with Crippen LogP contribution in [0.5, 0.6) is 5.75 Å². The molecule has 1 aliphatic heterocycles. The number of nitrogens with one attached hydrogen (secondary N) is 1. The van der Waals surface area contributed by atoms with Gasteiger partial charge in [0.15, 0.2) is 0 Å². The third kappa shape index (κ3) is 3.08. The highest BCUT2D eigenvalue weighted by molar-refractivity contribution is 6.04. The highest BCUT2D eigenvalue weighted by atomic mass is 16.5. The van der Waals surface area contributed by atoms with Crippen molar-refractivity contribution in [1.82, 2.24) is 4.57 Å². The van der Waals surface area contributed by atoms with Gasteiger partial charge in [-0.1, -0.05) is 0 Å². The van der Waals surface area contributed by atoms with Crippen LogP contribution >= 0.6 is 0 Å². The Hall–Kier alpha value is -3.21. The number of hydrogen-bond donors (Lipinski definition) is 1. The Labute approximate surface area is 146 Å². The first-order valence-electron chi connectivity index (χ1n) is 8.23. The second-order valence-electron chi connectivity index (χ2n) is 6.04. The Balaban J connectivity index is 1.51. The van der Waals surface area contributed by atoms with Gasteiger partial charge in [0.1, 0.15) is 12.4 Å². The molecular formula is C20H19N3O2. The first-order chi connectivity index (χ1) is 12.2. The smallest absolute Gasteiger partial charge is 0.255 e. The molecule has 1 aromatic heterocycles. The number of rotatable bonds is 3. The van der Waals surface area contributed by atoms with Crippen LogP contribution in [-0.4, -0.2) is 30.7 Å². The molecule has 2 aromatic carbocycles. The van der Waals surface area contributed by atoms with Gasteiger partial charge in [0.2, 0.25) is 0 Å². The number of likely N-dealkylation sites (N-methyl/N-ethyl adjacent to an activating group) is 1. The van der Waals surface area contributed by atoms with E-state index < -0.39 is 0 Å². The molecule has 0 saturated carbocycles. The molecule has 4 rings (SSSR count). The molecule has 1 aliphatic rings. The maximum atomic E-state index is 12.5. The van der Waals surface area contributed by atoms with Gasteiger partial charge in [-0.05, 0) is 54.6 Å². The second kappa shape index (κ2) is 6.36. The first kappa shape index (κ1) is 15.3. The zero-order valence-corrected chi connectivity index (χ0v) is 14.0. The van der Waals surface area contributed by atoms with Crippen molar-refractivity contribution in [2.45, 2.75) is 0 Å². The number of aromatic nitrogens is 1. The number of fused-ring (bicyclic) bond motifs is 1. The molecule has 1 amide bonds. The maximum Gasteiger partial charge on any atom is 0.255 e. The van der Waals surface area contributed by atoms with Crippen molar-refractivity contribution < 1.29 is 9.53 Å². The monoisotopic (exact) mass is 333 g/mol. The summed E-state index contributed by atoms with van der Waals surface area (Å²) in [7, 11) is 2.02. The van der Waals surface area contributed by atoms with E-state index in [9.17, 15) is 4.79 Å². The number of hydrogen-bond acceptors (Lipinski definition) is 3. The third-order valence-corrected chi connectivity index (χ3v) is 4.34. The lowest BCUT2D eigenvalue weighted by atomic mass is 10.1. The van der Waals surface area contributed by atoms with Crippen molar-refractivity contribution in [2.24, 2.45) is 0 Å². The molecule has 0 bridgehead atoms. The number of nitrogens with zero attached hydrogens (tertiary/aromatic N) is 2. The summed E-state index contributed by atoms with van der Waals surface area (Å²) in [5.41, 5.74) is 3.40. The van der Waals surface area contributed by atoms with Gasteiger partial charge < -0.3 is 19.5 Å². The number of carbonyl (C=O) groups is 1. The summed E-state index contributed by atoms with van der Waals surface area (Å²) in [5, 5.41) is 2.96. The minimum Gasteiger partial charge on any atom is -0.490 e. The van der Waals surface area contributed by atoms with Gasteiger partial charge in [-0.25, -0.2) is 0 Å². The number of ether oxygens (including phenoxy) is 1. The topological polar surface area (TPSA) is 46.5 Å². The van der Waals surface area contributed by atoms with E-state index in [1.165, 1.54) is 0 Å². The van der Waals surface area contributed by atoms with Crippen molar-refractivity contribution in [3.8, 4) is 11.4 Å². The van der Waals surface area contributed by atoms with Gasteiger partial charge in [0.05, 0.1) is 12.2 Å². The fraction of sp³-hybridized carbons (Fsp3) is 0.150. The largest absolute Gasteiger partial charge is 0.490 e. The fourth-order valence-electron chi connectivity index (χ4n) is 2.92. The van der Waals surface area contributed by atoms with Crippen LogP contribution in [0, 0.1) is 0 Å². The summed E-state index contributed by atoms with van der Waals surface area (Å²) in [6.07, 6.45) is 3.95. The number of benzene rings is 2. The standard InChI is InChI=1S/C20H19N3O2/c1-22-12-13-25-19-9-6-16(14-18(19)22)21-20(24)15-4-7-17(8-5-15)23-10-2-3-11-23/h2-11,14H,12-13H2,1H3,(H,21,24). The molecule has 5 nitrogen and oxygen atoms in total. The van der Waals surface area contributed by atoms with E-state index in [-0.39, 0.29) is 5.91 Å². The Morgan fingerprint density at radius 3 is 2.60 bits per heavy atom. The molecule has 0 spiro atoms. The Morgan fingerprint density at radius 1 is 1.08 bits per heavy atom. The van der Waals surface area contributed by atoms with Crippen molar-refractivity contribution in [1.29, 1.82) is 0 Å². The summed E-state index contributed by atoms with van der Waals surface area (Å²) in [6, 6.07) is 17.2. The molecular weight excluding hydrogens is 314 g/mol. The van der Waals surface area contributed by atoms with E-state index in [0.29, 0.717) is 12.2 Å². The van der Waals surface area contributed by atoms with Crippen LogP contribution in [-0.2, 0) is 0 Å². The van der Waals surface area contributed by atoms with Gasteiger partial charge in [-0.2, -0.15) is 0 Å². The molecule has 0 radical (unpaired) electrons. The summed E-state index contributed by atoms with van der Waals surface area (Å²) in [5.74, 6) is 0.723. The molecule has 0 fully saturated rings. The van der Waals surface area contributed by atoms with E-state index in [0.717, 1.165) is 29.4 Å². The highest BCUT2D eigenvalue weighted by Gasteiger charge is 2.16. The molecule has 0 aliphatic carbocycles. The summed E-state index contributed by atoms with van der Waals surface area (Å²) in [6.45, 7) is 1.52. The summed E-state index contributed by atoms with van der Waals surface area (Å²) < 4.78 is 7.63. The molecule has 1 N–H and O–H groups in total. The minimum atomic E-state index is -0.126. The normalized spacial score (nSPS) is 13.1. The lowest BCUT2D eigenvalue weighted by molar-refractivity contribution is 0.102. The van der Waals surface area contributed by atoms with Crippen molar-refractivity contribution in [2.75, 3.05) is 30.4 Å². The number of anilines is 2. The third-order valence-electron chi connectivity index (χ3n) is 4.34. The summed E-state index contributed by atoms with van der Waals surface area (Å²) in [4.78, 5) is 14.6. The predicted octanol–water partition coefficient (Wildman–Crippen LogP) is 3.56. The molecule has 126 valence electrons. The Morgan fingerprint density at radius 2 is 1.84 bits per heavy atom. The molecule has 5 heteroatoms. The van der Waals surface area contributed by atoms with Gasteiger partial charge in [0.25, 0.3) is 5.91 Å². The van der Waals surface area contributed by atoms with Crippen molar-refractivity contribution in [3.63, 3.8) is 0 Å². The summed E-state index contributed by atoms with van der Waals surface area (Å²) >= 11 is 0. The van der Waals surface area contributed by atoms with Gasteiger partial charge in [-0.15, -0.1) is 0 Å². The van der Waals surface area contributed by atoms with Crippen LogP contribution in [0.15, 0.2) is 67.0 Å². The van der Waals surface area contributed by atoms with Crippen LogP contribution in [0.25, 0.3) is 5.69 Å². The van der Waals surface area contributed by atoms with E-state index >= 15 is 0 Å². The van der Waals surface area contributed by atoms with E-state index in [1.54, 1.807) is 0 Å². The van der Waals surface area contributed by atoms with Crippen molar-refractivity contribution >= 4 is 17.3 Å². The average molecular weight is 333 g/mol. The maximum absolute atomic E-state index is 12.5. The molecule has 0 unspecified atom stereocenters. The SMILES string of the molecule is CN1CCOc2ccc(NC(=O)c3ccc(-n4cccc4)cc3)cc21. The van der Waals surface area contributed by atoms with Crippen LogP contribution in [0.1, 0.15) is 10.4 Å². The van der Waals surface area contributed by atoms with Crippen LogP contribution in [0.3, 0.4) is 0 Å². The lowest BCUT2D eigenvalue weighted by Crippen LogP contribution is -2.28. The second-order valence-corrected chi connectivity index (χ2v) is 6.04. The van der Waals surface area contributed by atoms with E-state index in [4.69, 9.17) is 4.74 Å². The first-order valence-corrected chi connectivity index (χ1v) is 8.23. The quantitative estimate of drug-likeness (QED) is 0.797. The fourth-order valence-corrected chi connectivity index (χ4v) is 2.92. The molecule has 2 heterocycles. The lowest BCUT2D eigenvalue weighted by Gasteiger charge is -2.28. The average Bonchev–Trinajstić information content (AvgIpc) is 3.17. The Bertz CT molecular complexity index is 886. The van der Waals surface area contributed by atoms with Crippen molar-refractivity contribution in [3.05, 3.63) is 72.6 Å². The molecule has 0 atom stereocenters. The van der Waals surface area contributed by atoms with Crippen LogP contribution in [0.4, 0.5) is 11.4 Å². The van der Waals surface area contributed by atoms with Gasteiger partial charge in [-0.3, -0.25) is 4.79 Å². The number of carbonyl (C=O) groups excluding carboxylic acids is 1. The van der Waals surface area contributed by atoms with Gasteiger partial charge >= 0.3 is 0 Å². The molecule has 25 heavy (non-hydrogen) atoms. The van der Waals surface area contributed by atoms with Crippen LogP contribution < -0.4 is 15.0 Å². The minimum absolute atomic E-state index is 0.126. The Kier molecular flexibility index (Phi) is 3.90. The van der Waals surface area contributed by atoms with E-state index in [1.807, 2.05) is 78.6 Å². The molecule has 0 saturated heterocycles.